The van der Waals surface area contributed by atoms with E-state index < -0.39 is 0 Å². The molecule has 0 saturated heterocycles. The van der Waals surface area contributed by atoms with E-state index in [-0.39, 0.29) is 10.8 Å². The molecule has 3 heteroatoms. The number of hydrogen-bond acceptors (Lipinski definition) is 1. The molecule has 0 aliphatic carbocycles. The maximum Gasteiger partial charge on any atom is 0.141 e. The van der Waals surface area contributed by atoms with Gasteiger partial charge in [0, 0.05) is 0 Å². The molecule has 1 unspecified atom stereocenters. The smallest absolute Gasteiger partial charge is 0.141 e. The zero-order chi connectivity index (χ0) is 11.3. The Morgan fingerprint density at radius 2 is 2.20 bits per heavy atom. The number of nitrogens with one attached hydrogen (secondary N) is 1. The Hall–Kier alpha value is -0.600. The van der Waals surface area contributed by atoms with E-state index in [1.165, 1.54) is 6.07 Å². The van der Waals surface area contributed by atoms with Crippen LogP contribution < -0.4 is 5.32 Å². The summed E-state index contributed by atoms with van der Waals surface area (Å²) in [5.41, 5.74) is 1.10. The Kier molecular flexibility index (Phi) is 5.06. The lowest BCUT2D eigenvalue weighted by Crippen LogP contribution is -2.12. The maximum absolute atomic E-state index is 12.9. The minimum absolute atomic E-state index is 0.216. The fourth-order valence-corrected chi connectivity index (χ4v) is 1.76. The maximum atomic E-state index is 12.9. The van der Waals surface area contributed by atoms with Gasteiger partial charge in [-0.1, -0.05) is 24.6 Å². The molecular weight excluding hydrogens is 213 g/mol. The number of hydrogen-bond donors (Lipinski definition) is 1. The van der Waals surface area contributed by atoms with Crippen molar-refractivity contribution in [1.29, 1.82) is 0 Å². The van der Waals surface area contributed by atoms with Crippen LogP contribution in [-0.2, 0) is 6.42 Å². The quantitative estimate of drug-likeness (QED) is 0.817. The highest BCUT2D eigenvalue weighted by molar-refractivity contribution is 6.30. The van der Waals surface area contributed by atoms with Gasteiger partial charge in [0.15, 0.2) is 0 Å². The summed E-state index contributed by atoms with van der Waals surface area (Å²) in [6.07, 6.45) is 2.06. The van der Waals surface area contributed by atoms with Crippen LogP contribution in [0.25, 0.3) is 0 Å². The lowest BCUT2D eigenvalue weighted by atomic mass is 9.98. The number of halogens is 2. The Morgan fingerprint density at radius 3 is 2.80 bits per heavy atom. The molecule has 0 aliphatic rings. The van der Waals surface area contributed by atoms with Crippen molar-refractivity contribution in [3.8, 4) is 0 Å². The van der Waals surface area contributed by atoms with E-state index in [9.17, 15) is 4.39 Å². The van der Waals surface area contributed by atoms with E-state index in [1.807, 2.05) is 7.05 Å². The van der Waals surface area contributed by atoms with Gasteiger partial charge in [0.1, 0.15) is 5.82 Å². The Bertz CT molecular complexity index is 314. The average Bonchev–Trinajstić information content (AvgIpc) is 2.20. The van der Waals surface area contributed by atoms with Crippen molar-refractivity contribution < 1.29 is 4.39 Å². The third kappa shape index (κ3) is 4.18. The molecule has 0 aromatic heterocycles. The van der Waals surface area contributed by atoms with Crippen molar-refractivity contribution in [2.45, 2.75) is 19.8 Å². The van der Waals surface area contributed by atoms with Crippen LogP contribution in [0.2, 0.25) is 5.02 Å². The summed E-state index contributed by atoms with van der Waals surface area (Å²) < 4.78 is 12.9. The van der Waals surface area contributed by atoms with Gasteiger partial charge in [0.2, 0.25) is 0 Å². The van der Waals surface area contributed by atoms with Gasteiger partial charge in [-0.3, -0.25) is 0 Å². The van der Waals surface area contributed by atoms with Crippen LogP contribution in [0.15, 0.2) is 18.2 Å². The SMILES string of the molecule is CNCCC(C)Cc1ccc(F)c(Cl)c1. The molecule has 1 aromatic rings. The predicted octanol–water partition coefficient (Wildman–Crippen LogP) is 3.27. The van der Waals surface area contributed by atoms with E-state index >= 15 is 0 Å². The average molecular weight is 230 g/mol. The fraction of sp³-hybridized carbons (Fsp3) is 0.500. The number of rotatable bonds is 5. The van der Waals surface area contributed by atoms with Crippen LogP contribution >= 0.6 is 11.6 Å². The molecule has 0 fully saturated rings. The van der Waals surface area contributed by atoms with Gasteiger partial charge in [-0.25, -0.2) is 4.39 Å². The first-order chi connectivity index (χ1) is 7.13. The molecule has 1 nitrogen and oxygen atoms in total. The monoisotopic (exact) mass is 229 g/mol. The predicted molar refractivity (Wildman–Crippen MR) is 62.8 cm³/mol. The van der Waals surface area contributed by atoms with Crippen molar-refractivity contribution in [3.05, 3.63) is 34.6 Å². The summed E-state index contributed by atoms with van der Waals surface area (Å²) in [4.78, 5) is 0. The van der Waals surface area contributed by atoms with E-state index in [0.29, 0.717) is 5.92 Å². The summed E-state index contributed by atoms with van der Waals surface area (Å²) in [5, 5.41) is 3.33. The van der Waals surface area contributed by atoms with Gasteiger partial charge >= 0.3 is 0 Å². The molecule has 0 aliphatic heterocycles. The van der Waals surface area contributed by atoms with Crippen molar-refractivity contribution in [3.63, 3.8) is 0 Å². The van der Waals surface area contributed by atoms with Crippen molar-refractivity contribution in [2.24, 2.45) is 5.92 Å². The Morgan fingerprint density at radius 1 is 1.47 bits per heavy atom. The Balaban J connectivity index is 2.53. The first-order valence-corrected chi connectivity index (χ1v) is 5.59. The molecule has 0 heterocycles. The summed E-state index contributed by atoms with van der Waals surface area (Å²) >= 11 is 5.71. The molecule has 0 amide bonds. The largest absolute Gasteiger partial charge is 0.320 e. The zero-order valence-corrected chi connectivity index (χ0v) is 9.94. The van der Waals surface area contributed by atoms with Gasteiger partial charge in [0.05, 0.1) is 5.02 Å². The second-order valence-electron chi connectivity index (χ2n) is 3.95. The van der Waals surface area contributed by atoms with Crippen LogP contribution in [0.4, 0.5) is 4.39 Å². The van der Waals surface area contributed by atoms with E-state index in [1.54, 1.807) is 12.1 Å². The van der Waals surface area contributed by atoms with E-state index in [2.05, 4.69) is 12.2 Å². The molecule has 15 heavy (non-hydrogen) atoms. The third-order valence-electron chi connectivity index (χ3n) is 2.46. The minimum Gasteiger partial charge on any atom is -0.320 e. The lowest BCUT2D eigenvalue weighted by Gasteiger charge is -2.11. The molecule has 84 valence electrons. The van der Waals surface area contributed by atoms with Crippen molar-refractivity contribution in [1.82, 2.24) is 5.32 Å². The minimum atomic E-state index is -0.344. The molecule has 0 spiro atoms. The highest BCUT2D eigenvalue weighted by Crippen LogP contribution is 2.19. The molecule has 1 aromatic carbocycles. The standard InChI is InChI=1S/C12H17ClFN/c1-9(5-6-15-2)7-10-3-4-12(14)11(13)8-10/h3-4,8-9,15H,5-7H2,1-2H3. The molecule has 1 N–H and O–H groups in total. The normalized spacial score (nSPS) is 12.8. The second-order valence-corrected chi connectivity index (χ2v) is 4.36. The second kappa shape index (κ2) is 6.09. The van der Waals surface area contributed by atoms with Crippen LogP contribution in [0.1, 0.15) is 18.9 Å². The molecule has 0 bridgehead atoms. The highest BCUT2D eigenvalue weighted by Gasteiger charge is 2.05. The van der Waals surface area contributed by atoms with Crippen molar-refractivity contribution in [2.75, 3.05) is 13.6 Å². The summed E-state index contributed by atoms with van der Waals surface area (Å²) in [6.45, 7) is 3.20. The molecular formula is C12H17ClFN. The third-order valence-corrected chi connectivity index (χ3v) is 2.74. The lowest BCUT2D eigenvalue weighted by molar-refractivity contribution is 0.514. The number of benzene rings is 1. The molecule has 1 rings (SSSR count). The van der Waals surface area contributed by atoms with Gasteiger partial charge in [-0.15, -0.1) is 0 Å². The highest BCUT2D eigenvalue weighted by atomic mass is 35.5. The van der Waals surface area contributed by atoms with Crippen LogP contribution in [0.5, 0.6) is 0 Å². The van der Waals surface area contributed by atoms with Gasteiger partial charge < -0.3 is 5.32 Å². The van der Waals surface area contributed by atoms with Crippen molar-refractivity contribution >= 4 is 11.6 Å². The van der Waals surface area contributed by atoms with Crippen LogP contribution in [-0.4, -0.2) is 13.6 Å². The van der Waals surface area contributed by atoms with Crippen LogP contribution in [0.3, 0.4) is 0 Å². The van der Waals surface area contributed by atoms with Gasteiger partial charge in [-0.2, -0.15) is 0 Å². The topological polar surface area (TPSA) is 12.0 Å². The molecule has 0 radical (unpaired) electrons. The van der Waals surface area contributed by atoms with E-state index in [4.69, 9.17) is 11.6 Å². The fourth-order valence-electron chi connectivity index (χ4n) is 1.56. The summed E-state index contributed by atoms with van der Waals surface area (Å²) in [6, 6.07) is 4.95. The summed E-state index contributed by atoms with van der Waals surface area (Å²) in [7, 11) is 1.95. The van der Waals surface area contributed by atoms with Gasteiger partial charge in [-0.05, 0) is 50.0 Å². The Labute approximate surface area is 95.6 Å². The first kappa shape index (κ1) is 12.5. The van der Waals surface area contributed by atoms with E-state index in [0.717, 1.165) is 24.9 Å². The zero-order valence-electron chi connectivity index (χ0n) is 9.19. The van der Waals surface area contributed by atoms with Crippen LogP contribution in [0, 0.1) is 11.7 Å². The first-order valence-electron chi connectivity index (χ1n) is 5.22. The molecule has 0 saturated carbocycles. The summed E-state index contributed by atoms with van der Waals surface area (Å²) in [5.74, 6) is 0.238. The molecule has 1 atom stereocenters. The van der Waals surface area contributed by atoms with Gasteiger partial charge in [0.25, 0.3) is 0 Å².